The van der Waals surface area contributed by atoms with Gasteiger partial charge in [-0.15, -0.1) is 0 Å². The topological polar surface area (TPSA) is 80.0 Å². The second kappa shape index (κ2) is 7.09. The third-order valence-electron chi connectivity index (χ3n) is 3.37. The fraction of sp³-hybridized carbons (Fsp3) is 0.571. The van der Waals surface area contributed by atoms with E-state index in [4.69, 9.17) is 5.84 Å². The van der Waals surface area contributed by atoms with E-state index in [1.807, 2.05) is 0 Å². The SMILES string of the molecule is CC(C)C(CNC(=O)c1ccc(NN)cn1)C(C)C. The highest BCUT2D eigenvalue weighted by atomic mass is 16.1. The minimum Gasteiger partial charge on any atom is -0.350 e. The Labute approximate surface area is 115 Å². The van der Waals surface area contributed by atoms with Crippen molar-refractivity contribution in [3.8, 4) is 0 Å². The summed E-state index contributed by atoms with van der Waals surface area (Å²) in [4.78, 5) is 16.0. The molecule has 0 aliphatic rings. The Kier molecular flexibility index (Phi) is 5.76. The van der Waals surface area contributed by atoms with E-state index >= 15 is 0 Å². The predicted molar refractivity (Wildman–Crippen MR) is 77.5 cm³/mol. The van der Waals surface area contributed by atoms with Gasteiger partial charge >= 0.3 is 0 Å². The molecule has 0 radical (unpaired) electrons. The first-order valence-corrected chi connectivity index (χ1v) is 6.66. The van der Waals surface area contributed by atoms with Crippen LogP contribution in [0.4, 0.5) is 5.69 Å². The number of hydrogen-bond acceptors (Lipinski definition) is 4. The molecule has 5 heteroatoms. The van der Waals surface area contributed by atoms with Gasteiger partial charge in [0.1, 0.15) is 5.69 Å². The Bertz CT molecular complexity index is 392. The smallest absolute Gasteiger partial charge is 0.269 e. The zero-order valence-electron chi connectivity index (χ0n) is 12.1. The number of nitrogen functional groups attached to an aromatic ring is 1. The van der Waals surface area contributed by atoms with E-state index in [0.717, 1.165) is 0 Å². The third kappa shape index (κ3) is 4.52. The van der Waals surface area contributed by atoms with Gasteiger partial charge in [0.2, 0.25) is 0 Å². The second-order valence-electron chi connectivity index (χ2n) is 5.44. The number of hydrazine groups is 1. The van der Waals surface area contributed by atoms with Crippen LogP contribution in [-0.2, 0) is 0 Å². The van der Waals surface area contributed by atoms with Gasteiger partial charge in [-0.05, 0) is 29.9 Å². The van der Waals surface area contributed by atoms with Crippen LogP contribution in [0.1, 0.15) is 38.2 Å². The molecule has 0 spiro atoms. The number of nitrogens with zero attached hydrogens (tertiary/aromatic N) is 1. The Morgan fingerprint density at radius 3 is 2.32 bits per heavy atom. The molecule has 0 saturated heterocycles. The number of carbonyl (C=O) groups is 1. The van der Waals surface area contributed by atoms with Gasteiger partial charge in [0, 0.05) is 6.54 Å². The van der Waals surface area contributed by atoms with E-state index in [2.05, 4.69) is 43.4 Å². The third-order valence-corrected chi connectivity index (χ3v) is 3.37. The van der Waals surface area contributed by atoms with Crippen LogP contribution >= 0.6 is 0 Å². The van der Waals surface area contributed by atoms with Gasteiger partial charge in [-0.2, -0.15) is 0 Å². The zero-order chi connectivity index (χ0) is 14.4. The summed E-state index contributed by atoms with van der Waals surface area (Å²) in [6, 6.07) is 3.38. The lowest BCUT2D eigenvalue weighted by Gasteiger charge is -2.24. The van der Waals surface area contributed by atoms with Crippen molar-refractivity contribution >= 4 is 11.6 Å². The molecule has 0 atom stereocenters. The number of aromatic nitrogens is 1. The summed E-state index contributed by atoms with van der Waals surface area (Å²) in [6.45, 7) is 9.38. The minimum absolute atomic E-state index is 0.144. The first kappa shape index (κ1) is 15.4. The molecular weight excluding hydrogens is 240 g/mol. The molecule has 1 aromatic heterocycles. The maximum absolute atomic E-state index is 12.0. The quantitative estimate of drug-likeness (QED) is 0.542. The normalized spacial score (nSPS) is 11.2. The van der Waals surface area contributed by atoms with Crippen molar-refractivity contribution in [2.24, 2.45) is 23.6 Å². The number of amides is 1. The molecule has 5 nitrogen and oxygen atoms in total. The fourth-order valence-corrected chi connectivity index (χ4v) is 2.16. The van der Waals surface area contributed by atoms with E-state index in [9.17, 15) is 4.79 Å². The van der Waals surface area contributed by atoms with Crippen molar-refractivity contribution in [3.05, 3.63) is 24.0 Å². The summed E-state index contributed by atoms with van der Waals surface area (Å²) in [7, 11) is 0. The molecular formula is C14H24N4O. The van der Waals surface area contributed by atoms with E-state index in [1.54, 1.807) is 12.1 Å². The van der Waals surface area contributed by atoms with Crippen molar-refractivity contribution in [2.45, 2.75) is 27.7 Å². The highest BCUT2D eigenvalue weighted by Gasteiger charge is 2.18. The highest BCUT2D eigenvalue weighted by Crippen LogP contribution is 2.19. The monoisotopic (exact) mass is 264 g/mol. The van der Waals surface area contributed by atoms with Crippen LogP contribution in [0.3, 0.4) is 0 Å². The van der Waals surface area contributed by atoms with Crippen LogP contribution < -0.4 is 16.6 Å². The molecule has 0 bridgehead atoms. The lowest BCUT2D eigenvalue weighted by Crippen LogP contribution is -2.34. The average molecular weight is 264 g/mol. The number of pyridine rings is 1. The summed E-state index contributed by atoms with van der Waals surface area (Å²) in [5.41, 5.74) is 3.57. The molecule has 1 amide bonds. The number of nitrogens with one attached hydrogen (secondary N) is 2. The summed E-state index contributed by atoms with van der Waals surface area (Å²) in [6.07, 6.45) is 1.54. The average Bonchev–Trinajstić information content (AvgIpc) is 2.38. The van der Waals surface area contributed by atoms with Gasteiger partial charge in [-0.1, -0.05) is 27.7 Å². The molecule has 0 aliphatic carbocycles. The van der Waals surface area contributed by atoms with Crippen LogP contribution in [0.25, 0.3) is 0 Å². The van der Waals surface area contributed by atoms with Gasteiger partial charge in [0.15, 0.2) is 0 Å². The zero-order valence-corrected chi connectivity index (χ0v) is 12.1. The van der Waals surface area contributed by atoms with Crippen LogP contribution in [0, 0.1) is 17.8 Å². The molecule has 1 heterocycles. The second-order valence-corrected chi connectivity index (χ2v) is 5.44. The molecule has 0 unspecified atom stereocenters. The maximum atomic E-state index is 12.0. The predicted octanol–water partition coefficient (Wildman–Crippen LogP) is 2.03. The van der Waals surface area contributed by atoms with Crippen molar-refractivity contribution < 1.29 is 4.79 Å². The van der Waals surface area contributed by atoms with Gasteiger partial charge in [-0.3, -0.25) is 10.6 Å². The lowest BCUT2D eigenvalue weighted by atomic mass is 9.85. The van der Waals surface area contributed by atoms with Crippen LogP contribution in [-0.4, -0.2) is 17.4 Å². The minimum atomic E-state index is -0.144. The van der Waals surface area contributed by atoms with Crippen LogP contribution in [0.2, 0.25) is 0 Å². The number of hydrogen-bond donors (Lipinski definition) is 3. The van der Waals surface area contributed by atoms with E-state index in [1.165, 1.54) is 6.20 Å². The fourth-order valence-electron chi connectivity index (χ4n) is 2.16. The Morgan fingerprint density at radius 1 is 1.26 bits per heavy atom. The summed E-state index contributed by atoms with van der Waals surface area (Å²) >= 11 is 0. The first-order valence-electron chi connectivity index (χ1n) is 6.66. The van der Waals surface area contributed by atoms with Crippen LogP contribution in [0.5, 0.6) is 0 Å². The van der Waals surface area contributed by atoms with Crippen molar-refractivity contribution in [3.63, 3.8) is 0 Å². The molecule has 0 aromatic carbocycles. The standard InChI is InChI=1S/C14H24N4O/c1-9(2)12(10(3)4)8-17-14(19)13-6-5-11(18-15)7-16-13/h5-7,9-10,12,18H,8,15H2,1-4H3,(H,17,19). The summed E-state index contributed by atoms with van der Waals surface area (Å²) in [5, 5.41) is 2.95. The van der Waals surface area contributed by atoms with E-state index < -0.39 is 0 Å². The van der Waals surface area contributed by atoms with Gasteiger partial charge < -0.3 is 10.7 Å². The number of anilines is 1. The van der Waals surface area contributed by atoms with Gasteiger partial charge in [-0.25, -0.2) is 4.98 Å². The number of nitrogens with two attached hydrogens (primary N) is 1. The van der Waals surface area contributed by atoms with E-state index in [-0.39, 0.29) is 5.91 Å². The Hall–Kier alpha value is -1.62. The molecule has 0 saturated carbocycles. The number of rotatable bonds is 6. The van der Waals surface area contributed by atoms with Crippen molar-refractivity contribution in [2.75, 3.05) is 12.0 Å². The molecule has 106 valence electrons. The molecule has 0 fully saturated rings. The van der Waals surface area contributed by atoms with Crippen LogP contribution in [0.15, 0.2) is 18.3 Å². The van der Waals surface area contributed by atoms with Crippen molar-refractivity contribution in [1.82, 2.24) is 10.3 Å². The first-order chi connectivity index (χ1) is 8.95. The molecule has 1 aromatic rings. The molecule has 19 heavy (non-hydrogen) atoms. The van der Waals surface area contributed by atoms with E-state index in [0.29, 0.717) is 35.7 Å². The molecule has 4 N–H and O–H groups in total. The largest absolute Gasteiger partial charge is 0.350 e. The van der Waals surface area contributed by atoms with Gasteiger partial charge in [0.05, 0.1) is 11.9 Å². The summed E-state index contributed by atoms with van der Waals surface area (Å²) < 4.78 is 0. The van der Waals surface area contributed by atoms with Crippen molar-refractivity contribution in [1.29, 1.82) is 0 Å². The Balaban J connectivity index is 2.58. The Morgan fingerprint density at radius 2 is 1.89 bits per heavy atom. The molecule has 0 aliphatic heterocycles. The number of carbonyl (C=O) groups excluding carboxylic acids is 1. The van der Waals surface area contributed by atoms with Gasteiger partial charge in [0.25, 0.3) is 5.91 Å². The molecule has 1 rings (SSSR count). The maximum Gasteiger partial charge on any atom is 0.269 e. The highest BCUT2D eigenvalue weighted by molar-refractivity contribution is 5.92. The summed E-state index contributed by atoms with van der Waals surface area (Å²) in [5.74, 6) is 6.65. The lowest BCUT2D eigenvalue weighted by molar-refractivity contribution is 0.0932.